The number of aliphatic carboxylic acids is 1. The third-order valence-electron chi connectivity index (χ3n) is 3.56. The second kappa shape index (κ2) is 5.64. The molecule has 1 aliphatic rings. The molecule has 0 spiro atoms. The number of carboxylic acid groups (broad SMARTS) is 1. The quantitative estimate of drug-likeness (QED) is 0.883. The molecule has 2 aromatic rings. The molecule has 0 saturated heterocycles. The summed E-state index contributed by atoms with van der Waals surface area (Å²) in [7, 11) is 3.12. The van der Waals surface area contributed by atoms with Crippen molar-refractivity contribution in [2.75, 3.05) is 19.5 Å². The molecule has 23 heavy (non-hydrogen) atoms. The van der Waals surface area contributed by atoms with E-state index in [0.29, 0.717) is 23.3 Å². The van der Waals surface area contributed by atoms with Crippen LogP contribution in [0.15, 0.2) is 30.0 Å². The Morgan fingerprint density at radius 3 is 2.78 bits per heavy atom. The maximum Gasteiger partial charge on any atom is 0.352 e. The van der Waals surface area contributed by atoms with E-state index < -0.39 is 12.0 Å². The minimum absolute atomic E-state index is 0.0489. The predicted molar refractivity (Wildman–Crippen MR) is 81.8 cm³/mol. The Bertz CT molecular complexity index is 797. The van der Waals surface area contributed by atoms with Gasteiger partial charge in [-0.1, -0.05) is 0 Å². The van der Waals surface area contributed by atoms with Crippen LogP contribution in [-0.4, -0.2) is 40.1 Å². The number of nitrogens with one attached hydrogen (secondary N) is 1. The highest BCUT2D eigenvalue weighted by molar-refractivity contribution is 5.90. The Morgan fingerprint density at radius 2 is 2.13 bits per heavy atom. The van der Waals surface area contributed by atoms with Crippen LogP contribution in [0.5, 0.6) is 11.5 Å². The third kappa shape index (κ3) is 2.59. The fourth-order valence-electron chi connectivity index (χ4n) is 2.51. The van der Waals surface area contributed by atoms with Crippen molar-refractivity contribution < 1.29 is 19.4 Å². The summed E-state index contributed by atoms with van der Waals surface area (Å²) in [6.45, 7) is 1.75. The van der Waals surface area contributed by atoms with Crippen molar-refractivity contribution >= 4 is 11.9 Å². The Labute approximate surface area is 132 Å². The van der Waals surface area contributed by atoms with Crippen LogP contribution >= 0.6 is 0 Å². The Kier molecular flexibility index (Phi) is 3.65. The molecule has 1 aromatic heterocycles. The number of allylic oxidation sites excluding steroid dienone is 1. The molecule has 0 unspecified atom stereocenters. The first kappa shape index (κ1) is 14.9. The fourth-order valence-corrected chi connectivity index (χ4v) is 2.51. The molecule has 2 N–H and O–H groups in total. The summed E-state index contributed by atoms with van der Waals surface area (Å²) in [5.41, 5.74) is 0.812. The number of ether oxygens (including phenoxy) is 2. The van der Waals surface area contributed by atoms with Gasteiger partial charge in [-0.3, -0.25) is 0 Å². The lowest BCUT2D eigenvalue weighted by molar-refractivity contribution is -0.132. The molecule has 2 heterocycles. The van der Waals surface area contributed by atoms with Gasteiger partial charge in [0, 0.05) is 11.6 Å². The molecule has 0 fully saturated rings. The molecule has 0 amide bonds. The number of aryl methyl sites for hydroxylation is 1. The first-order chi connectivity index (χ1) is 11.0. The summed E-state index contributed by atoms with van der Waals surface area (Å²) in [6.07, 6.45) is 1.58. The highest BCUT2D eigenvalue weighted by Gasteiger charge is 2.28. The van der Waals surface area contributed by atoms with Gasteiger partial charge < -0.3 is 19.9 Å². The predicted octanol–water partition coefficient (Wildman–Crippen LogP) is 1.59. The van der Waals surface area contributed by atoms with Gasteiger partial charge in [-0.15, -0.1) is 0 Å². The topological polar surface area (TPSA) is 98.5 Å². The number of hydrogen-bond acceptors (Lipinski definition) is 6. The van der Waals surface area contributed by atoms with Gasteiger partial charge >= 0.3 is 5.97 Å². The maximum atomic E-state index is 11.4. The van der Waals surface area contributed by atoms with Crippen LogP contribution in [0.4, 0.5) is 5.95 Å². The number of methoxy groups -OCH3 is 2. The lowest BCUT2D eigenvalue weighted by Crippen LogP contribution is -2.24. The van der Waals surface area contributed by atoms with E-state index in [2.05, 4.69) is 15.4 Å². The average Bonchev–Trinajstić information content (AvgIpc) is 2.93. The van der Waals surface area contributed by atoms with Crippen molar-refractivity contribution in [2.45, 2.75) is 13.0 Å². The molecule has 1 aromatic carbocycles. The number of anilines is 1. The van der Waals surface area contributed by atoms with Gasteiger partial charge in [0.05, 0.1) is 14.2 Å². The normalized spacial score (nSPS) is 16.1. The largest absolute Gasteiger partial charge is 0.497 e. The van der Waals surface area contributed by atoms with Gasteiger partial charge in [0.1, 0.15) is 29.1 Å². The van der Waals surface area contributed by atoms with Crippen molar-refractivity contribution in [1.29, 1.82) is 0 Å². The van der Waals surface area contributed by atoms with Gasteiger partial charge in [-0.2, -0.15) is 10.1 Å². The summed E-state index contributed by atoms with van der Waals surface area (Å²) < 4.78 is 12.2. The van der Waals surface area contributed by atoms with Gasteiger partial charge in [-0.25, -0.2) is 9.48 Å². The molecule has 1 aliphatic heterocycles. The number of benzene rings is 1. The number of rotatable bonds is 4. The Morgan fingerprint density at radius 1 is 1.35 bits per heavy atom. The number of carboxylic acids is 1. The highest BCUT2D eigenvalue weighted by atomic mass is 16.5. The minimum atomic E-state index is -1.06. The van der Waals surface area contributed by atoms with Crippen LogP contribution in [0.2, 0.25) is 0 Å². The zero-order valence-corrected chi connectivity index (χ0v) is 12.9. The molecule has 0 saturated carbocycles. The standard InChI is InChI=1S/C15H16N4O4/c1-8-16-15-17-11(14(20)21)7-12(19(15)18-8)10-5-4-9(22-2)6-13(10)23-3/h4-7,12H,1-3H3,(H,20,21)(H,16,17,18)/t12-/m1/s1. The maximum absolute atomic E-state index is 11.4. The molecule has 120 valence electrons. The van der Waals surface area contributed by atoms with E-state index in [1.807, 2.05) is 6.07 Å². The smallest absolute Gasteiger partial charge is 0.352 e. The van der Waals surface area contributed by atoms with E-state index in [9.17, 15) is 9.90 Å². The highest BCUT2D eigenvalue weighted by Crippen LogP contribution is 2.36. The van der Waals surface area contributed by atoms with E-state index in [1.54, 1.807) is 44.0 Å². The van der Waals surface area contributed by atoms with Crippen LogP contribution in [-0.2, 0) is 4.79 Å². The van der Waals surface area contributed by atoms with E-state index in [-0.39, 0.29) is 5.70 Å². The molecule has 8 nitrogen and oxygen atoms in total. The summed E-state index contributed by atoms with van der Waals surface area (Å²) in [5.74, 6) is 1.10. The van der Waals surface area contributed by atoms with E-state index in [1.165, 1.54) is 0 Å². The lowest BCUT2D eigenvalue weighted by atomic mass is 10.0. The average molecular weight is 316 g/mol. The first-order valence-corrected chi connectivity index (χ1v) is 6.90. The van der Waals surface area contributed by atoms with Crippen LogP contribution in [0, 0.1) is 6.92 Å². The van der Waals surface area contributed by atoms with Gasteiger partial charge in [-0.05, 0) is 25.1 Å². The minimum Gasteiger partial charge on any atom is -0.497 e. The number of carbonyl (C=O) groups is 1. The van der Waals surface area contributed by atoms with E-state index in [4.69, 9.17) is 9.47 Å². The van der Waals surface area contributed by atoms with Crippen LogP contribution in [0.3, 0.4) is 0 Å². The SMILES string of the molecule is COc1ccc([C@H]2C=C(C(=O)O)Nc3nc(C)nn32)c(OC)c1. The van der Waals surface area contributed by atoms with Crippen molar-refractivity contribution in [1.82, 2.24) is 14.8 Å². The second-order valence-corrected chi connectivity index (χ2v) is 4.99. The molecular formula is C15H16N4O4. The number of hydrogen-bond donors (Lipinski definition) is 2. The van der Waals surface area contributed by atoms with E-state index in [0.717, 1.165) is 5.56 Å². The Balaban J connectivity index is 2.15. The summed E-state index contributed by atoms with van der Waals surface area (Å²) in [5, 5.41) is 16.4. The van der Waals surface area contributed by atoms with Crippen molar-refractivity contribution in [3.63, 3.8) is 0 Å². The number of nitrogens with zero attached hydrogens (tertiary/aromatic N) is 3. The first-order valence-electron chi connectivity index (χ1n) is 6.90. The molecule has 0 bridgehead atoms. The van der Waals surface area contributed by atoms with Crippen LogP contribution < -0.4 is 14.8 Å². The number of aromatic nitrogens is 3. The molecule has 3 rings (SSSR count). The second-order valence-electron chi connectivity index (χ2n) is 4.99. The van der Waals surface area contributed by atoms with Crippen molar-refractivity contribution in [2.24, 2.45) is 0 Å². The van der Waals surface area contributed by atoms with E-state index >= 15 is 0 Å². The van der Waals surface area contributed by atoms with Gasteiger partial charge in [0.25, 0.3) is 0 Å². The molecule has 0 radical (unpaired) electrons. The van der Waals surface area contributed by atoms with Crippen LogP contribution in [0.1, 0.15) is 17.4 Å². The van der Waals surface area contributed by atoms with Gasteiger partial charge in [0.15, 0.2) is 0 Å². The molecule has 0 aliphatic carbocycles. The van der Waals surface area contributed by atoms with Crippen molar-refractivity contribution in [3.8, 4) is 11.5 Å². The zero-order chi connectivity index (χ0) is 16.6. The molecule has 1 atom stereocenters. The summed E-state index contributed by atoms with van der Waals surface area (Å²) >= 11 is 0. The third-order valence-corrected chi connectivity index (χ3v) is 3.56. The van der Waals surface area contributed by atoms with Crippen LogP contribution in [0.25, 0.3) is 0 Å². The van der Waals surface area contributed by atoms with Crippen molar-refractivity contribution in [3.05, 3.63) is 41.4 Å². The molecule has 8 heteroatoms. The zero-order valence-electron chi connectivity index (χ0n) is 12.9. The van der Waals surface area contributed by atoms with Gasteiger partial charge in [0.2, 0.25) is 5.95 Å². The summed E-state index contributed by atoms with van der Waals surface area (Å²) in [6, 6.07) is 4.91. The fraction of sp³-hybridized carbons (Fsp3) is 0.267. The lowest BCUT2D eigenvalue weighted by Gasteiger charge is -2.24. The summed E-state index contributed by atoms with van der Waals surface area (Å²) in [4.78, 5) is 15.6. The molecular weight excluding hydrogens is 300 g/mol. The monoisotopic (exact) mass is 316 g/mol. The Hall–Kier alpha value is -3.03. The number of fused-ring (bicyclic) bond motifs is 1.